The van der Waals surface area contributed by atoms with Crippen LogP contribution in [0.25, 0.3) is 11.3 Å². The smallest absolute Gasteiger partial charge is 0.249 e. The molecule has 0 saturated carbocycles. The SMILES string of the molecule is Cc1sc(NC(=O)[C@H]2CS[C@]3(C)CCC(=O)N23)nc1-c1ccc(F)c(F)c1. The van der Waals surface area contributed by atoms with Crippen LogP contribution in [0.15, 0.2) is 18.2 Å². The summed E-state index contributed by atoms with van der Waals surface area (Å²) in [5.74, 6) is -1.58. The van der Waals surface area contributed by atoms with Crippen molar-refractivity contribution < 1.29 is 18.4 Å². The third-order valence-electron chi connectivity index (χ3n) is 4.97. The molecule has 2 fully saturated rings. The summed E-state index contributed by atoms with van der Waals surface area (Å²) in [6.07, 6.45) is 1.21. The Kier molecular flexibility index (Phi) is 4.46. The zero-order valence-corrected chi connectivity index (χ0v) is 16.3. The van der Waals surface area contributed by atoms with Gasteiger partial charge in [0.15, 0.2) is 16.8 Å². The molecule has 2 saturated heterocycles. The molecule has 142 valence electrons. The van der Waals surface area contributed by atoms with Crippen LogP contribution in [-0.4, -0.2) is 38.4 Å². The van der Waals surface area contributed by atoms with Gasteiger partial charge in [0.2, 0.25) is 11.8 Å². The number of nitrogens with one attached hydrogen (secondary N) is 1. The normalized spacial score (nSPS) is 24.4. The van der Waals surface area contributed by atoms with Crippen LogP contribution in [0.3, 0.4) is 0 Å². The number of amides is 2. The van der Waals surface area contributed by atoms with Crippen LogP contribution in [0.1, 0.15) is 24.6 Å². The first-order valence-corrected chi connectivity index (χ1v) is 10.3. The summed E-state index contributed by atoms with van der Waals surface area (Å²) in [6, 6.07) is 3.07. The predicted octanol–water partition coefficient (Wildman–Crippen LogP) is 3.79. The fourth-order valence-electron chi connectivity index (χ4n) is 3.56. The molecular weight excluding hydrogens is 392 g/mol. The number of anilines is 1. The van der Waals surface area contributed by atoms with Gasteiger partial charge >= 0.3 is 0 Å². The molecule has 1 aromatic carbocycles. The molecule has 27 heavy (non-hydrogen) atoms. The van der Waals surface area contributed by atoms with E-state index in [1.165, 1.54) is 17.4 Å². The van der Waals surface area contributed by atoms with Gasteiger partial charge in [-0.15, -0.1) is 23.1 Å². The minimum Gasteiger partial charge on any atom is -0.315 e. The molecule has 1 aromatic heterocycles. The van der Waals surface area contributed by atoms with Gasteiger partial charge < -0.3 is 10.2 Å². The van der Waals surface area contributed by atoms with E-state index in [4.69, 9.17) is 0 Å². The monoisotopic (exact) mass is 409 g/mol. The van der Waals surface area contributed by atoms with E-state index in [0.717, 1.165) is 23.4 Å². The lowest BCUT2D eigenvalue weighted by molar-refractivity contribution is -0.135. The second-order valence-corrected chi connectivity index (χ2v) is 9.51. The molecule has 2 atom stereocenters. The highest BCUT2D eigenvalue weighted by atomic mass is 32.2. The lowest BCUT2D eigenvalue weighted by Crippen LogP contribution is -2.48. The van der Waals surface area contributed by atoms with E-state index in [2.05, 4.69) is 10.3 Å². The number of hydrogen-bond acceptors (Lipinski definition) is 5. The zero-order chi connectivity index (χ0) is 19.3. The van der Waals surface area contributed by atoms with E-state index in [1.54, 1.807) is 23.6 Å². The molecule has 0 aliphatic carbocycles. The number of carbonyl (C=O) groups is 2. The van der Waals surface area contributed by atoms with Crippen molar-refractivity contribution in [1.29, 1.82) is 0 Å². The summed E-state index contributed by atoms with van der Waals surface area (Å²) in [7, 11) is 0. The third-order valence-corrected chi connectivity index (χ3v) is 7.36. The number of thioether (sulfide) groups is 1. The maximum Gasteiger partial charge on any atom is 0.249 e. The quantitative estimate of drug-likeness (QED) is 0.838. The first kappa shape index (κ1) is 18.4. The van der Waals surface area contributed by atoms with E-state index in [-0.39, 0.29) is 16.7 Å². The molecule has 0 bridgehead atoms. The molecule has 2 aliphatic heterocycles. The van der Waals surface area contributed by atoms with E-state index < -0.39 is 17.7 Å². The summed E-state index contributed by atoms with van der Waals surface area (Å²) >= 11 is 2.89. The minimum atomic E-state index is -0.944. The fourth-order valence-corrected chi connectivity index (χ4v) is 5.84. The molecule has 4 rings (SSSR count). The third kappa shape index (κ3) is 3.12. The second kappa shape index (κ2) is 6.56. The predicted molar refractivity (Wildman–Crippen MR) is 102 cm³/mol. The number of thiazole rings is 1. The minimum absolute atomic E-state index is 0.000413. The fraction of sp³-hybridized carbons (Fsp3) is 0.389. The van der Waals surface area contributed by atoms with Crippen LogP contribution in [0.2, 0.25) is 0 Å². The van der Waals surface area contributed by atoms with E-state index >= 15 is 0 Å². The maximum absolute atomic E-state index is 13.5. The number of halogens is 2. The number of aromatic nitrogens is 1. The number of benzene rings is 1. The van der Waals surface area contributed by atoms with E-state index in [1.807, 2.05) is 6.92 Å². The summed E-state index contributed by atoms with van der Waals surface area (Å²) < 4.78 is 26.7. The Labute approximate surface area is 163 Å². The maximum atomic E-state index is 13.5. The molecule has 2 amide bonds. The van der Waals surface area contributed by atoms with Gasteiger partial charge in [-0.1, -0.05) is 0 Å². The highest BCUT2D eigenvalue weighted by molar-refractivity contribution is 8.01. The van der Waals surface area contributed by atoms with Crippen molar-refractivity contribution in [2.45, 2.75) is 37.6 Å². The Hall–Kier alpha value is -2.00. The van der Waals surface area contributed by atoms with Crippen molar-refractivity contribution in [3.8, 4) is 11.3 Å². The average molecular weight is 409 g/mol. The summed E-state index contributed by atoms with van der Waals surface area (Å²) in [5, 5.41) is 3.16. The number of hydrogen-bond donors (Lipinski definition) is 1. The summed E-state index contributed by atoms with van der Waals surface area (Å²) in [4.78, 5) is 31.4. The van der Waals surface area contributed by atoms with Gasteiger partial charge in [-0.05, 0) is 38.5 Å². The molecule has 2 aliphatic rings. The standard InChI is InChI=1S/C18H17F2N3O2S2/c1-9-15(10-3-4-11(19)12(20)7-10)21-17(27-9)22-16(25)13-8-26-18(2)6-5-14(24)23(13)18/h3-4,7,13H,5-6,8H2,1-2H3,(H,21,22,25)/t13-,18-/m1/s1. The average Bonchev–Trinajstić information content (AvgIpc) is 3.24. The van der Waals surface area contributed by atoms with Crippen LogP contribution < -0.4 is 5.32 Å². The van der Waals surface area contributed by atoms with Gasteiger partial charge in [-0.25, -0.2) is 13.8 Å². The molecule has 0 unspecified atom stereocenters. The van der Waals surface area contributed by atoms with Gasteiger partial charge in [-0.2, -0.15) is 0 Å². The van der Waals surface area contributed by atoms with Crippen molar-refractivity contribution in [2.24, 2.45) is 0 Å². The van der Waals surface area contributed by atoms with Gasteiger partial charge in [-0.3, -0.25) is 9.59 Å². The second-order valence-electron chi connectivity index (χ2n) is 6.81. The van der Waals surface area contributed by atoms with Crippen LogP contribution in [0, 0.1) is 18.6 Å². The molecule has 3 heterocycles. The Morgan fingerprint density at radius 1 is 1.37 bits per heavy atom. The summed E-state index contributed by atoms with van der Waals surface area (Å²) in [5.41, 5.74) is 0.943. The number of nitrogens with zero attached hydrogens (tertiary/aromatic N) is 2. The lowest BCUT2D eigenvalue weighted by Gasteiger charge is -2.29. The van der Waals surface area contributed by atoms with Crippen LogP contribution in [0.5, 0.6) is 0 Å². The topological polar surface area (TPSA) is 62.3 Å². The molecule has 1 N–H and O–H groups in total. The lowest BCUT2D eigenvalue weighted by atomic mass is 10.1. The van der Waals surface area contributed by atoms with Crippen molar-refractivity contribution in [2.75, 3.05) is 11.1 Å². The Morgan fingerprint density at radius 2 is 2.15 bits per heavy atom. The van der Waals surface area contributed by atoms with Crippen molar-refractivity contribution in [3.63, 3.8) is 0 Å². The molecule has 2 aromatic rings. The molecule has 9 heteroatoms. The zero-order valence-electron chi connectivity index (χ0n) is 14.7. The first-order valence-electron chi connectivity index (χ1n) is 8.48. The Bertz CT molecular complexity index is 949. The first-order chi connectivity index (χ1) is 12.8. The molecule has 5 nitrogen and oxygen atoms in total. The number of aryl methyl sites for hydroxylation is 1. The van der Waals surface area contributed by atoms with E-state index in [0.29, 0.717) is 28.6 Å². The molecule has 0 radical (unpaired) electrons. The van der Waals surface area contributed by atoms with Crippen LogP contribution in [0.4, 0.5) is 13.9 Å². The highest BCUT2D eigenvalue weighted by Gasteiger charge is 2.52. The Morgan fingerprint density at radius 3 is 2.89 bits per heavy atom. The van der Waals surface area contributed by atoms with Gasteiger partial charge in [0.25, 0.3) is 0 Å². The van der Waals surface area contributed by atoms with Gasteiger partial charge in [0, 0.05) is 22.6 Å². The Balaban J connectivity index is 1.54. The van der Waals surface area contributed by atoms with Crippen LogP contribution >= 0.6 is 23.1 Å². The van der Waals surface area contributed by atoms with Crippen molar-refractivity contribution in [1.82, 2.24) is 9.88 Å². The number of rotatable bonds is 3. The molecular formula is C18H17F2N3O2S2. The summed E-state index contributed by atoms with van der Waals surface area (Å²) in [6.45, 7) is 3.79. The van der Waals surface area contributed by atoms with Crippen molar-refractivity contribution >= 4 is 40.0 Å². The van der Waals surface area contributed by atoms with E-state index in [9.17, 15) is 18.4 Å². The molecule has 0 spiro atoms. The number of fused-ring (bicyclic) bond motifs is 1. The van der Waals surface area contributed by atoms with Crippen molar-refractivity contribution in [3.05, 3.63) is 34.7 Å². The number of carbonyl (C=O) groups excluding carboxylic acids is 2. The van der Waals surface area contributed by atoms with Gasteiger partial charge in [0.1, 0.15) is 6.04 Å². The van der Waals surface area contributed by atoms with Crippen LogP contribution in [-0.2, 0) is 9.59 Å². The van der Waals surface area contributed by atoms with Gasteiger partial charge in [0.05, 0.1) is 10.6 Å². The highest BCUT2D eigenvalue weighted by Crippen LogP contribution is 2.47. The largest absolute Gasteiger partial charge is 0.315 e.